The maximum Gasteiger partial charge on any atom is 0.251 e. The summed E-state index contributed by atoms with van der Waals surface area (Å²) in [7, 11) is 0. The van der Waals surface area contributed by atoms with Crippen molar-refractivity contribution in [3.05, 3.63) is 60.0 Å². The number of carbonyl (C=O) groups excluding carboxylic acids is 1. The SMILES string of the molecule is O=C(NCc1ccc[nH]1)c1ccc2[nH]ccc2c1. The van der Waals surface area contributed by atoms with Crippen LogP contribution in [0.3, 0.4) is 0 Å². The fourth-order valence-electron chi connectivity index (χ4n) is 1.95. The summed E-state index contributed by atoms with van der Waals surface area (Å²) in [6, 6.07) is 11.4. The van der Waals surface area contributed by atoms with Crippen LogP contribution < -0.4 is 5.32 Å². The molecule has 0 atom stereocenters. The number of H-pyrrole nitrogens is 2. The van der Waals surface area contributed by atoms with Crippen LogP contribution in [0.2, 0.25) is 0 Å². The van der Waals surface area contributed by atoms with Gasteiger partial charge >= 0.3 is 0 Å². The van der Waals surface area contributed by atoms with Gasteiger partial charge in [0.15, 0.2) is 0 Å². The molecule has 0 spiro atoms. The first-order valence-corrected chi connectivity index (χ1v) is 5.80. The zero-order chi connectivity index (χ0) is 12.4. The Morgan fingerprint density at radius 2 is 2.06 bits per heavy atom. The summed E-state index contributed by atoms with van der Waals surface area (Å²) in [4.78, 5) is 18.1. The zero-order valence-electron chi connectivity index (χ0n) is 9.73. The lowest BCUT2D eigenvalue weighted by Gasteiger charge is -2.04. The molecule has 2 heterocycles. The van der Waals surface area contributed by atoms with Crippen molar-refractivity contribution in [2.75, 3.05) is 0 Å². The molecule has 90 valence electrons. The van der Waals surface area contributed by atoms with E-state index < -0.39 is 0 Å². The first-order valence-electron chi connectivity index (χ1n) is 5.80. The molecule has 0 aliphatic heterocycles. The largest absolute Gasteiger partial charge is 0.364 e. The Balaban J connectivity index is 1.75. The van der Waals surface area contributed by atoms with Crippen LogP contribution in [0.5, 0.6) is 0 Å². The summed E-state index contributed by atoms with van der Waals surface area (Å²) >= 11 is 0. The number of aromatic nitrogens is 2. The maximum absolute atomic E-state index is 12.0. The van der Waals surface area contributed by atoms with Gasteiger partial charge in [0.05, 0.1) is 6.54 Å². The molecule has 0 saturated carbocycles. The van der Waals surface area contributed by atoms with Crippen molar-refractivity contribution < 1.29 is 4.79 Å². The van der Waals surface area contributed by atoms with Crippen molar-refractivity contribution >= 4 is 16.8 Å². The molecule has 0 aliphatic carbocycles. The molecule has 0 aliphatic rings. The monoisotopic (exact) mass is 239 g/mol. The van der Waals surface area contributed by atoms with Crippen LogP contribution >= 0.6 is 0 Å². The molecule has 3 aromatic rings. The molecule has 2 aromatic heterocycles. The second-order valence-electron chi connectivity index (χ2n) is 4.16. The van der Waals surface area contributed by atoms with Crippen LogP contribution in [0.15, 0.2) is 48.8 Å². The highest BCUT2D eigenvalue weighted by atomic mass is 16.1. The number of hydrogen-bond donors (Lipinski definition) is 3. The molecule has 3 N–H and O–H groups in total. The van der Waals surface area contributed by atoms with Crippen LogP contribution in [0.1, 0.15) is 16.1 Å². The highest BCUT2D eigenvalue weighted by molar-refractivity contribution is 5.97. The summed E-state index contributed by atoms with van der Waals surface area (Å²) in [6.07, 6.45) is 3.71. The third kappa shape index (κ3) is 2.00. The van der Waals surface area contributed by atoms with Gasteiger partial charge in [-0.1, -0.05) is 0 Å². The van der Waals surface area contributed by atoms with E-state index >= 15 is 0 Å². The van der Waals surface area contributed by atoms with Gasteiger partial charge in [0.25, 0.3) is 5.91 Å². The van der Waals surface area contributed by atoms with Crippen LogP contribution in [0, 0.1) is 0 Å². The number of benzene rings is 1. The minimum absolute atomic E-state index is 0.0623. The Hall–Kier alpha value is -2.49. The first kappa shape index (κ1) is 10.7. The van der Waals surface area contributed by atoms with E-state index in [0.717, 1.165) is 16.6 Å². The predicted octanol–water partition coefficient (Wildman–Crippen LogP) is 2.43. The van der Waals surface area contributed by atoms with Gasteiger partial charge in [0.2, 0.25) is 0 Å². The summed E-state index contributed by atoms with van der Waals surface area (Å²) in [5, 5.41) is 3.92. The molecule has 1 aromatic carbocycles. The van der Waals surface area contributed by atoms with E-state index in [1.807, 2.05) is 48.8 Å². The highest BCUT2D eigenvalue weighted by Crippen LogP contribution is 2.14. The third-order valence-corrected chi connectivity index (χ3v) is 2.92. The lowest BCUT2D eigenvalue weighted by atomic mass is 10.1. The summed E-state index contributed by atoms with van der Waals surface area (Å²) in [5.41, 5.74) is 2.70. The van der Waals surface area contributed by atoms with Crippen molar-refractivity contribution in [3.8, 4) is 0 Å². The molecule has 0 saturated heterocycles. The Kier molecular flexibility index (Phi) is 2.61. The van der Waals surface area contributed by atoms with Gasteiger partial charge in [-0.25, -0.2) is 0 Å². The van der Waals surface area contributed by atoms with Crippen molar-refractivity contribution in [1.82, 2.24) is 15.3 Å². The lowest BCUT2D eigenvalue weighted by molar-refractivity contribution is 0.0950. The average Bonchev–Trinajstić information content (AvgIpc) is 3.05. The van der Waals surface area contributed by atoms with E-state index in [9.17, 15) is 4.79 Å². The lowest BCUT2D eigenvalue weighted by Crippen LogP contribution is -2.22. The van der Waals surface area contributed by atoms with Gasteiger partial charge in [0, 0.05) is 34.6 Å². The van der Waals surface area contributed by atoms with Crippen molar-refractivity contribution in [2.45, 2.75) is 6.54 Å². The molecule has 0 bridgehead atoms. The topological polar surface area (TPSA) is 60.7 Å². The van der Waals surface area contributed by atoms with Gasteiger partial charge in [-0.05, 0) is 36.4 Å². The van der Waals surface area contributed by atoms with Gasteiger partial charge in [-0.3, -0.25) is 4.79 Å². The minimum Gasteiger partial charge on any atom is -0.364 e. The second kappa shape index (κ2) is 4.41. The second-order valence-corrected chi connectivity index (χ2v) is 4.16. The summed E-state index contributed by atoms with van der Waals surface area (Å²) in [6.45, 7) is 0.511. The number of nitrogens with one attached hydrogen (secondary N) is 3. The average molecular weight is 239 g/mol. The quantitative estimate of drug-likeness (QED) is 0.646. The number of rotatable bonds is 3. The number of aromatic amines is 2. The number of amides is 1. The Morgan fingerprint density at radius 1 is 1.11 bits per heavy atom. The standard InChI is InChI=1S/C14H13N3O/c18-14(17-9-12-2-1-6-15-12)11-3-4-13-10(8-11)5-7-16-13/h1-8,15-16H,9H2,(H,17,18). The fourth-order valence-corrected chi connectivity index (χ4v) is 1.95. The molecular formula is C14H13N3O. The molecule has 0 unspecified atom stereocenters. The minimum atomic E-state index is -0.0623. The Labute approximate surface area is 104 Å². The van der Waals surface area contributed by atoms with Crippen LogP contribution in [0.4, 0.5) is 0 Å². The molecule has 0 radical (unpaired) electrons. The predicted molar refractivity (Wildman–Crippen MR) is 70.3 cm³/mol. The number of hydrogen-bond acceptors (Lipinski definition) is 1. The molecule has 18 heavy (non-hydrogen) atoms. The molecular weight excluding hydrogens is 226 g/mol. The van der Waals surface area contributed by atoms with E-state index in [4.69, 9.17) is 0 Å². The molecule has 3 rings (SSSR count). The van der Waals surface area contributed by atoms with E-state index in [1.165, 1.54) is 0 Å². The van der Waals surface area contributed by atoms with E-state index in [2.05, 4.69) is 15.3 Å². The van der Waals surface area contributed by atoms with E-state index in [0.29, 0.717) is 12.1 Å². The smallest absolute Gasteiger partial charge is 0.251 e. The highest BCUT2D eigenvalue weighted by Gasteiger charge is 2.06. The Bertz CT molecular complexity index is 667. The van der Waals surface area contributed by atoms with Gasteiger partial charge < -0.3 is 15.3 Å². The molecule has 4 nitrogen and oxygen atoms in total. The zero-order valence-corrected chi connectivity index (χ0v) is 9.73. The number of carbonyl (C=O) groups is 1. The molecule has 1 amide bonds. The third-order valence-electron chi connectivity index (χ3n) is 2.92. The number of fused-ring (bicyclic) bond motifs is 1. The van der Waals surface area contributed by atoms with Crippen LogP contribution in [-0.2, 0) is 6.54 Å². The summed E-state index contributed by atoms with van der Waals surface area (Å²) in [5.74, 6) is -0.0623. The fraction of sp³-hybridized carbons (Fsp3) is 0.0714. The van der Waals surface area contributed by atoms with Gasteiger partial charge in [-0.2, -0.15) is 0 Å². The van der Waals surface area contributed by atoms with E-state index in [1.54, 1.807) is 0 Å². The Morgan fingerprint density at radius 3 is 2.89 bits per heavy atom. The normalized spacial score (nSPS) is 10.7. The van der Waals surface area contributed by atoms with Crippen molar-refractivity contribution in [3.63, 3.8) is 0 Å². The first-order chi connectivity index (χ1) is 8.83. The van der Waals surface area contributed by atoms with Crippen molar-refractivity contribution in [1.29, 1.82) is 0 Å². The molecule has 4 heteroatoms. The van der Waals surface area contributed by atoms with Crippen LogP contribution in [-0.4, -0.2) is 15.9 Å². The molecule has 0 fully saturated rings. The summed E-state index contributed by atoms with van der Waals surface area (Å²) < 4.78 is 0. The van der Waals surface area contributed by atoms with Crippen LogP contribution in [0.25, 0.3) is 10.9 Å². The van der Waals surface area contributed by atoms with Crippen molar-refractivity contribution in [2.24, 2.45) is 0 Å². The maximum atomic E-state index is 12.0. The van der Waals surface area contributed by atoms with E-state index in [-0.39, 0.29) is 5.91 Å². The van der Waals surface area contributed by atoms with Gasteiger partial charge in [-0.15, -0.1) is 0 Å². The van der Waals surface area contributed by atoms with Gasteiger partial charge in [0.1, 0.15) is 0 Å².